The second-order valence-corrected chi connectivity index (χ2v) is 4.86. The van der Waals surface area contributed by atoms with Crippen molar-refractivity contribution in [3.05, 3.63) is 0 Å². The standard InChI is InChI=1S/C11H19F2NO/c1-5-8-6-7-14(8)9(15)10(2,3)11(4,12)13/h8H,5-7H2,1-4H3/t8-/m1/s1. The third-order valence-electron chi connectivity index (χ3n) is 3.51. The van der Waals surface area contributed by atoms with Crippen molar-refractivity contribution in [1.29, 1.82) is 0 Å². The summed E-state index contributed by atoms with van der Waals surface area (Å²) < 4.78 is 26.5. The minimum atomic E-state index is -2.97. The second-order valence-electron chi connectivity index (χ2n) is 4.86. The highest BCUT2D eigenvalue weighted by molar-refractivity contribution is 5.84. The van der Waals surface area contributed by atoms with E-state index in [1.165, 1.54) is 13.8 Å². The summed E-state index contributed by atoms with van der Waals surface area (Å²) >= 11 is 0. The average Bonchev–Trinajstić information content (AvgIpc) is 2.00. The SMILES string of the molecule is CC[C@@H]1CCN1C(=O)C(C)(C)C(C)(F)F. The van der Waals surface area contributed by atoms with Crippen LogP contribution in [0.5, 0.6) is 0 Å². The molecular formula is C11H19F2NO. The van der Waals surface area contributed by atoms with E-state index >= 15 is 0 Å². The number of rotatable bonds is 3. The number of carbonyl (C=O) groups excluding carboxylic acids is 1. The van der Waals surface area contributed by atoms with E-state index in [4.69, 9.17) is 0 Å². The first-order valence-corrected chi connectivity index (χ1v) is 5.40. The normalized spacial score (nSPS) is 22.5. The van der Waals surface area contributed by atoms with Crippen molar-refractivity contribution in [1.82, 2.24) is 4.90 Å². The van der Waals surface area contributed by atoms with E-state index in [1.54, 1.807) is 4.90 Å². The molecule has 0 N–H and O–H groups in total. The number of alkyl halides is 2. The maximum atomic E-state index is 13.3. The van der Waals surface area contributed by atoms with E-state index in [0.717, 1.165) is 19.8 Å². The van der Waals surface area contributed by atoms with Crippen LogP contribution in [0.4, 0.5) is 8.78 Å². The molecular weight excluding hydrogens is 200 g/mol. The number of carbonyl (C=O) groups is 1. The summed E-state index contributed by atoms with van der Waals surface area (Å²) in [5.74, 6) is -3.40. The molecule has 4 heteroatoms. The molecule has 0 bridgehead atoms. The molecule has 1 rings (SSSR count). The van der Waals surface area contributed by atoms with Gasteiger partial charge in [-0.3, -0.25) is 4.79 Å². The lowest BCUT2D eigenvalue weighted by atomic mass is 9.82. The molecule has 0 saturated carbocycles. The van der Waals surface area contributed by atoms with Gasteiger partial charge in [0.1, 0.15) is 5.41 Å². The molecule has 1 amide bonds. The van der Waals surface area contributed by atoms with Gasteiger partial charge in [-0.2, -0.15) is 0 Å². The van der Waals surface area contributed by atoms with Gasteiger partial charge in [0.05, 0.1) is 0 Å². The van der Waals surface area contributed by atoms with Gasteiger partial charge in [0, 0.05) is 19.5 Å². The summed E-state index contributed by atoms with van der Waals surface area (Å²) in [5.41, 5.74) is -1.60. The molecule has 88 valence electrons. The van der Waals surface area contributed by atoms with Crippen LogP contribution in [0, 0.1) is 5.41 Å². The van der Waals surface area contributed by atoms with Crippen molar-refractivity contribution in [2.45, 2.75) is 52.5 Å². The fourth-order valence-corrected chi connectivity index (χ4v) is 1.68. The van der Waals surface area contributed by atoms with E-state index in [-0.39, 0.29) is 6.04 Å². The Morgan fingerprint density at radius 1 is 1.40 bits per heavy atom. The molecule has 1 aliphatic heterocycles. The topological polar surface area (TPSA) is 20.3 Å². The summed E-state index contributed by atoms with van der Waals surface area (Å²) in [6.45, 7) is 6.05. The smallest absolute Gasteiger partial charge is 0.259 e. The minimum absolute atomic E-state index is 0.166. The van der Waals surface area contributed by atoms with Crippen LogP contribution in [-0.4, -0.2) is 29.3 Å². The summed E-state index contributed by atoms with van der Waals surface area (Å²) in [6, 6.07) is 0.166. The Morgan fingerprint density at radius 2 is 1.93 bits per heavy atom. The summed E-state index contributed by atoms with van der Waals surface area (Å²) in [7, 11) is 0. The molecule has 1 heterocycles. The molecule has 1 saturated heterocycles. The number of hydrogen-bond acceptors (Lipinski definition) is 1. The van der Waals surface area contributed by atoms with Crippen LogP contribution in [0.25, 0.3) is 0 Å². The van der Waals surface area contributed by atoms with Gasteiger partial charge >= 0.3 is 0 Å². The Hall–Kier alpha value is -0.670. The van der Waals surface area contributed by atoms with E-state index in [0.29, 0.717) is 6.54 Å². The van der Waals surface area contributed by atoms with Crippen molar-refractivity contribution in [3.8, 4) is 0 Å². The number of likely N-dealkylation sites (tertiary alicyclic amines) is 1. The Bertz CT molecular complexity index is 256. The van der Waals surface area contributed by atoms with Gasteiger partial charge in [0.15, 0.2) is 0 Å². The van der Waals surface area contributed by atoms with Crippen molar-refractivity contribution >= 4 is 5.91 Å². The molecule has 0 radical (unpaired) electrons. The zero-order chi connectivity index (χ0) is 11.9. The van der Waals surface area contributed by atoms with Crippen molar-refractivity contribution in [2.24, 2.45) is 5.41 Å². The number of halogens is 2. The lowest BCUT2D eigenvalue weighted by molar-refractivity contribution is -0.170. The van der Waals surface area contributed by atoms with Gasteiger partial charge in [-0.15, -0.1) is 0 Å². The highest BCUT2D eigenvalue weighted by atomic mass is 19.3. The van der Waals surface area contributed by atoms with Gasteiger partial charge in [-0.25, -0.2) is 8.78 Å². The average molecular weight is 219 g/mol. The first-order valence-electron chi connectivity index (χ1n) is 5.40. The quantitative estimate of drug-likeness (QED) is 0.714. The molecule has 1 fully saturated rings. The van der Waals surface area contributed by atoms with Crippen molar-refractivity contribution in [3.63, 3.8) is 0 Å². The van der Waals surface area contributed by atoms with E-state index in [1.807, 2.05) is 6.92 Å². The largest absolute Gasteiger partial charge is 0.339 e. The van der Waals surface area contributed by atoms with E-state index in [9.17, 15) is 13.6 Å². The van der Waals surface area contributed by atoms with Crippen LogP contribution in [-0.2, 0) is 4.79 Å². The van der Waals surface area contributed by atoms with Crippen LogP contribution >= 0.6 is 0 Å². The third-order valence-corrected chi connectivity index (χ3v) is 3.51. The first-order chi connectivity index (χ1) is 6.71. The molecule has 1 aliphatic rings. The zero-order valence-corrected chi connectivity index (χ0v) is 9.81. The third kappa shape index (κ3) is 1.99. The highest BCUT2D eigenvalue weighted by Crippen LogP contribution is 2.39. The predicted octanol–water partition coefficient (Wildman–Crippen LogP) is 2.68. The second kappa shape index (κ2) is 3.72. The van der Waals surface area contributed by atoms with E-state index in [2.05, 4.69) is 0 Å². The maximum absolute atomic E-state index is 13.3. The summed E-state index contributed by atoms with van der Waals surface area (Å²) in [4.78, 5) is 13.5. The number of nitrogens with zero attached hydrogens (tertiary/aromatic N) is 1. The molecule has 0 aromatic rings. The predicted molar refractivity (Wildman–Crippen MR) is 54.8 cm³/mol. The molecule has 0 aromatic heterocycles. The first kappa shape index (κ1) is 12.4. The summed E-state index contributed by atoms with van der Waals surface area (Å²) in [5, 5.41) is 0. The van der Waals surface area contributed by atoms with Crippen molar-refractivity contribution in [2.75, 3.05) is 6.54 Å². The van der Waals surface area contributed by atoms with Crippen LogP contribution in [0.15, 0.2) is 0 Å². The lowest BCUT2D eigenvalue weighted by Crippen LogP contribution is -2.58. The Kier molecular flexibility index (Phi) is 3.08. The highest BCUT2D eigenvalue weighted by Gasteiger charge is 2.51. The lowest BCUT2D eigenvalue weighted by Gasteiger charge is -2.45. The maximum Gasteiger partial charge on any atom is 0.259 e. The molecule has 2 nitrogen and oxygen atoms in total. The van der Waals surface area contributed by atoms with Gasteiger partial charge < -0.3 is 4.90 Å². The molecule has 15 heavy (non-hydrogen) atoms. The van der Waals surface area contributed by atoms with Crippen LogP contribution in [0.1, 0.15) is 40.5 Å². The molecule has 1 atom stereocenters. The molecule has 0 unspecified atom stereocenters. The monoisotopic (exact) mass is 219 g/mol. The number of amides is 1. The van der Waals surface area contributed by atoms with Gasteiger partial charge in [0.2, 0.25) is 5.91 Å². The Morgan fingerprint density at radius 3 is 2.20 bits per heavy atom. The Labute approximate surface area is 89.6 Å². The van der Waals surface area contributed by atoms with Crippen LogP contribution in [0.2, 0.25) is 0 Å². The fourth-order valence-electron chi connectivity index (χ4n) is 1.68. The van der Waals surface area contributed by atoms with Gasteiger partial charge in [-0.1, -0.05) is 6.92 Å². The summed E-state index contributed by atoms with van der Waals surface area (Å²) in [6.07, 6.45) is 1.78. The van der Waals surface area contributed by atoms with Crippen LogP contribution in [0.3, 0.4) is 0 Å². The van der Waals surface area contributed by atoms with Crippen molar-refractivity contribution < 1.29 is 13.6 Å². The molecule has 0 aromatic carbocycles. The molecule has 0 aliphatic carbocycles. The Balaban J connectivity index is 2.76. The van der Waals surface area contributed by atoms with E-state index < -0.39 is 17.2 Å². The van der Waals surface area contributed by atoms with Crippen LogP contribution < -0.4 is 0 Å². The zero-order valence-electron chi connectivity index (χ0n) is 9.81. The van der Waals surface area contributed by atoms with Gasteiger partial charge in [-0.05, 0) is 26.7 Å². The van der Waals surface area contributed by atoms with Gasteiger partial charge in [0.25, 0.3) is 5.92 Å². The molecule has 0 spiro atoms. The fraction of sp³-hybridized carbons (Fsp3) is 0.909. The minimum Gasteiger partial charge on any atom is -0.339 e. The number of hydrogen-bond donors (Lipinski definition) is 0.